The van der Waals surface area contributed by atoms with Gasteiger partial charge in [-0.1, -0.05) is 24.6 Å². The van der Waals surface area contributed by atoms with E-state index in [0.29, 0.717) is 17.8 Å². The first-order valence-electron chi connectivity index (χ1n) is 12.6. The van der Waals surface area contributed by atoms with Crippen LogP contribution in [0.5, 0.6) is 0 Å². The van der Waals surface area contributed by atoms with Crippen LogP contribution in [0.25, 0.3) is 0 Å². The molecule has 206 valence electrons. The number of carbonyl (C=O) groups is 2. The third-order valence-corrected chi connectivity index (χ3v) is 6.56. The van der Waals surface area contributed by atoms with E-state index in [1.54, 1.807) is 13.8 Å². The second kappa shape index (κ2) is 12.3. The molecule has 1 N–H and O–H groups in total. The fourth-order valence-electron chi connectivity index (χ4n) is 4.82. The highest BCUT2D eigenvalue weighted by molar-refractivity contribution is 6.00. The summed E-state index contributed by atoms with van der Waals surface area (Å²) in [7, 11) is 1.15. The Morgan fingerprint density at radius 3 is 2.21 bits per heavy atom. The molecule has 0 spiro atoms. The van der Waals surface area contributed by atoms with Crippen molar-refractivity contribution in [1.29, 1.82) is 0 Å². The predicted octanol–water partition coefficient (Wildman–Crippen LogP) is 5.73. The van der Waals surface area contributed by atoms with Crippen molar-refractivity contribution in [3.05, 3.63) is 75.4 Å². The highest BCUT2D eigenvalue weighted by atomic mass is 19.4. The van der Waals surface area contributed by atoms with Gasteiger partial charge in [-0.3, -0.25) is 4.68 Å². The summed E-state index contributed by atoms with van der Waals surface area (Å²) >= 11 is 0. The first kappa shape index (κ1) is 29.0. The van der Waals surface area contributed by atoms with Gasteiger partial charge in [-0.05, 0) is 64.7 Å². The Labute approximate surface area is 220 Å². The van der Waals surface area contributed by atoms with Crippen LogP contribution in [0.4, 0.5) is 13.2 Å². The lowest BCUT2D eigenvalue weighted by Gasteiger charge is -2.31. The molecule has 1 atom stereocenters. The monoisotopic (exact) mass is 533 g/mol. The van der Waals surface area contributed by atoms with E-state index in [4.69, 9.17) is 9.47 Å². The Morgan fingerprint density at radius 2 is 1.61 bits per heavy atom. The Hall–Kier alpha value is -3.56. The number of nitrogens with one attached hydrogen (secondary N) is 1. The number of unbranched alkanes of at least 4 members (excludes halogenated alkanes) is 3. The molecule has 10 heteroatoms. The largest absolute Gasteiger partial charge is 0.466 e. The average Bonchev–Trinajstić information content (AvgIpc) is 3.18. The lowest BCUT2D eigenvalue weighted by Crippen LogP contribution is -2.33. The lowest BCUT2D eigenvalue weighted by molar-refractivity contribution is -0.141. The van der Waals surface area contributed by atoms with E-state index in [2.05, 4.69) is 10.4 Å². The van der Waals surface area contributed by atoms with Gasteiger partial charge in [0.05, 0.1) is 42.0 Å². The molecule has 38 heavy (non-hydrogen) atoms. The topological polar surface area (TPSA) is 82.5 Å². The van der Waals surface area contributed by atoms with Crippen LogP contribution in [0.2, 0.25) is 0 Å². The molecule has 2 aromatic rings. The molecule has 0 fully saturated rings. The zero-order valence-corrected chi connectivity index (χ0v) is 22.4. The quantitative estimate of drug-likeness (QED) is 0.310. The van der Waals surface area contributed by atoms with E-state index < -0.39 is 29.6 Å². The van der Waals surface area contributed by atoms with Crippen molar-refractivity contribution in [2.45, 2.75) is 72.0 Å². The summed E-state index contributed by atoms with van der Waals surface area (Å²) in [6.45, 7) is 8.02. The molecule has 1 aromatic carbocycles. The molecule has 1 aromatic heterocycles. The fraction of sp³-hybridized carbons (Fsp3) is 0.464. The van der Waals surface area contributed by atoms with Crippen LogP contribution in [0.1, 0.15) is 68.0 Å². The summed E-state index contributed by atoms with van der Waals surface area (Å²) < 4.78 is 54.1. The van der Waals surface area contributed by atoms with Crippen LogP contribution in [0.3, 0.4) is 0 Å². The van der Waals surface area contributed by atoms with Crippen molar-refractivity contribution in [2.24, 2.45) is 0 Å². The van der Waals surface area contributed by atoms with E-state index in [1.807, 2.05) is 24.6 Å². The molecule has 0 bridgehead atoms. The molecule has 0 saturated carbocycles. The van der Waals surface area contributed by atoms with E-state index >= 15 is 0 Å². The van der Waals surface area contributed by atoms with Crippen molar-refractivity contribution in [1.82, 2.24) is 15.1 Å². The molecule has 0 saturated heterocycles. The van der Waals surface area contributed by atoms with Crippen LogP contribution in [0, 0.1) is 13.8 Å². The number of aromatic nitrogens is 2. The summed E-state index contributed by atoms with van der Waals surface area (Å²) in [6.07, 6.45) is -1.43. The van der Waals surface area contributed by atoms with E-state index in [1.165, 1.54) is 18.2 Å². The minimum absolute atomic E-state index is 0.0442. The molecule has 0 radical (unpaired) electrons. The maximum Gasteiger partial charge on any atom is 0.416 e. The first-order chi connectivity index (χ1) is 18.0. The van der Waals surface area contributed by atoms with Gasteiger partial charge in [0, 0.05) is 23.6 Å². The van der Waals surface area contributed by atoms with Crippen molar-refractivity contribution < 1.29 is 32.2 Å². The SMILES string of the molecule is COC(=O)C1=C(C)NC(C)=C(C(=O)OCCCCCCn2nc(C)cc2C)C1c1ccccc1C(F)(F)F. The van der Waals surface area contributed by atoms with Crippen LogP contribution >= 0.6 is 0 Å². The molecule has 1 aliphatic heterocycles. The highest BCUT2D eigenvalue weighted by Gasteiger charge is 2.43. The normalized spacial score (nSPS) is 15.9. The van der Waals surface area contributed by atoms with E-state index in [-0.39, 0.29) is 23.3 Å². The van der Waals surface area contributed by atoms with Crippen molar-refractivity contribution in [2.75, 3.05) is 13.7 Å². The van der Waals surface area contributed by atoms with Crippen molar-refractivity contribution in [3.8, 4) is 0 Å². The number of halogens is 3. The number of aryl methyl sites for hydroxylation is 3. The Balaban J connectivity index is 1.73. The third kappa shape index (κ3) is 6.65. The number of rotatable bonds is 10. The van der Waals surface area contributed by atoms with Crippen LogP contribution in [0.15, 0.2) is 52.9 Å². The first-order valence-corrected chi connectivity index (χ1v) is 12.6. The van der Waals surface area contributed by atoms with Gasteiger partial charge in [0.2, 0.25) is 0 Å². The zero-order valence-electron chi connectivity index (χ0n) is 22.4. The second-order valence-corrected chi connectivity index (χ2v) is 9.41. The number of hydrogen-bond acceptors (Lipinski definition) is 6. The molecule has 3 rings (SSSR count). The van der Waals surface area contributed by atoms with Gasteiger partial charge in [-0.25, -0.2) is 9.59 Å². The number of nitrogens with zero attached hydrogens (tertiary/aromatic N) is 2. The third-order valence-electron chi connectivity index (χ3n) is 6.56. The molecule has 2 heterocycles. The number of esters is 2. The van der Waals surface area contributed by atoms with E-state index in [9.17, 15) is 22.8 Å². The lowest BCUT2D eigenvalue weighted by atomic mass is 9.78. The average molecular weight is 534 g/mol. The molecular weight excluding hydrogens is 499 g/mol. The molecule has 1 aliphatic rings. The second-order valence-electron chi connectivity index (χ2n) is 9.41. The standard InChI is InChI=1S/C28H34F3N3O4/c1-17-16-18(2)34(33-17)14-10-6-7-11-15-38-27(36)24-20(4)32-19(3)23(26(35)37-5)25(24)21-12-8-9-13-22(21)28(29,30)31/h8-9,12-13,16,25,32H,6-7,10-11,14-15H2,1-5H3. The number of benzene rings is 1. The van der Waals surface area contributed by atoms with Gasteiger partial charge in [0.15, 0.2) is 0 Å². The number of dihydropyridines is 1. The van der Waals surface area contributed by atoms with Crippen LogP contribution in [-0.2, 0) is 31.8 Å². The van der Waals surface area contributed by atoms with E-state index in [0.717, 1.165) is 50.4 Å². The number of hydrogen-bond donors (Lipinski definition) is 1. The number of methoxy groups -OCH3 is 1. The number of carbonyl (C=O) groups excluding carboxylic acids is 2. The van der Waals surface area contributed by atoms with Crippen molar-refractivity contribution in [3.63, 3.8) is 0 Å². The number of ether oxygens (including phenoxy) is 2. The summed E-state index contributed by atoms with van der Waals surface area (Å²) in [5.74, 6) is -2.89. The smallest absolute Gasteiger partial charge is 0.416 e. The highest BCUT2D eigenvalue weighted by Crippen LogP contribution is 2.44. The minimum Gasteiger partial charge on any atom is -0.466 e. The van der Waals surface area contributed by atoms with Crippen LogP contribution < -0.4 is 5.32 Å². The van der Waals surface area contributed by atoms with Gasteiger partial charge in [-0.15, -0.1) is 0 Å². The van der Waals surface area contributed by atoms with Crippen LogP contribution in [-0.4, -0.2) is 35.4 Å². The Bertz CT molecular complexity index is 1240. The van der Waals surface area contributed by atoms with Crippen molar-refractivity contribution >= 4 is 11.9 Å². The number of allylic oxidation sites excluding steroid dienone is 2. The molecule has 1 unspecified atom stereocenters. The predicted molar refractivity (Wildman–Crippen MR) is 136 cm³/mol. The molecular formula is C28H34F3N3O4. The minimum atomic E-state index is -4.69. The summed E-state index contributed by atoms with van der Waals surface area (Å²) in [5, 5.41) is 7.38. The van der Waals surface area contributed by atoms with Gasteiger partial charge in [0.1, 0.15) is 0 Å². The maximum absolute atomic E-state index is 13.9. The maximum atomic E-state index is 13.9. The Kier molecular flexibility index (Phi) is 9.40. The fourth-order valence-corrected chi connectivity index (χ4v) is 4.82. The zero-order chi connectivity index (χ0) is 28.0. The van der Waals surface area contributed by atoms with Gasteiger partial charge in [-0.2, -0.15) is 18.3 Å². The number of alkyl halides is 3. The molecule has 0 aliphatic carbocycles. The molecule has 7 nitrogen and oxygen atoms in total. The Morgan fingerprint density at radius 1 is 0.974 bits per heavy atom. The van der Waals surface area contributed by atoms with Gasteiger partial charge in [0.25, 0.3) is 0 Å². The molecule has 0 amide bonds. The summed E-state index contributed by atoms with van der Waals surface area (Å²) in [4.78, 5) is 25.9. The van der Waals surface area contributed by atoms with Gasteiger partial charge < -0.3 is 14.8 Å². The summed E-state index contributed by atoms with van der Waals surface area (Å²) in [5.41, 5.74) is 1.48. The van der Waals surface area contributed by atoms with Gasteiger partial charge >= 0.3 is 18.1 Å². The summed E-state index contributed by atoms with van der Waals surface area (Å²) in [6, 6.07) is 6.95.